The number of alkyl carbamates (subject to hydrolysis) is 1. The van der Waals surface area contributed by atoms with Gasteiger partial charge in [-0.15, -0.1) is 6.42 Å². The van der Waals surface area contributed by atoms with Crippen molar-refractivity contribution in [2.75, 3.05) is 19.5 Å². The van der Waals surface area contributed by atoms with Gasteiger partial charge in [-0.1, -0.05) is 18.1 Å². The molecular formula is C28H34N4O6. The smallest absolute Gasteiger partial charge is 0.408 e. The first-order chi connectivity index (χ1) is 17.8. The van der Waals surface area contributed by atoms with Gasteiger partial charge in [0.2, 0.25) is 11.8 Å². The minimum absolute atomic E-state index is 0.0827. The lowest BCUT2D eigenvalue weighted by Crippen LogP contribution is -2.51. The minimum atomic E-state index is -1.18. The van der Waals surface area contributed by atoms with Crippen LogP contribution in [0.15, 0.2) is 48.5 Å². The van der Waals surface area contributed by atoms with Crippen LogP contribution in [0, 0.1) is 12.3 Å². The normalized spacial score (nSPS) is 12.3. The fourth-order valence-electron chi connectivity index (χ4n) is 3.56. The number of carbonyl (C=O) groups excluding carboxylic acids is 4. The summed E-state index contributed by atoms with van der Waals surface area (Å²) >= 11 is 0. The first-order valence-electron chi connectivity index (χ1n) is 11.9. The van der Waals surface area contributed by atoms with E-state index in [4.69, 9.17) is 21.6 Å². The van der Waals surface area contributed by atoms with Crippen LogP contribution in [0.2, 0.25) is 0 Å². The second-order valence-electron chi connectivity index (χ2n) is 9.54. The van der Waals surface area contributed by atoms with Crippen molar-refractivity contribution < 1.29 is 28.7 Å². The van der Waals surface area contributed by atoms with E-state index in [1.54, 1.807) is 69.3 Å². The van der Waals surface area contributed by atoms with Crippen LogP contribution in [0.3, 0.4) is 0 Å². The van der Waals surface area contributed by atoms with Crippen molar-refractivity contribution in [3.8, 4) is 18.1 Å². The first kappa shape index (κ1) is 29.7. The SMILES string of the molecule is C#Cc1ccc(C(C(=O)Nc2ccc(OC)cc2)N(C)C(=O)C(CCC(N)=O)NC(=O)OC(C)(C)C)cc1. The summed E-state index contributed by atoms with van der Waals surface area (Å²) in [6, 6.07) is 11.0. The Bertz CT molecular complexity index is 1180. The van der Waals surface area contributed by atoms with E-state index in [1.165, 1.54) is 19.1 Å². The molecule has 202 valence electrons. The number of rotatable bonds is 10. The Morgan fingerprint density at radius 2 is 1.66 bits per heavy atom. The number of terminal acetylenes is 1. The van der Waals surface area contributed by atoms with Crippen LogP contribution in [0.25, 0.3) is 0 Å². The molecule has 2 unspecified atom stereocenters. The Morgan fingerprint density at radius 1 is 1.05 bits per heavy atom. The number of ether oxygens (including phenoxy) is 2. The fourth-order valence-corrected chi connectivity index (χ4v) is 3.56. The van der Waals surface area contributed by atoms with Crippen molar-refractivity contribution in [2.45, 2.75) is 51.3 Å². The van der Waals surface area contributed by atoms with Crippen molar-refractivity contribution in [3.05, 3.63) is 59.7 Å². The second-order valence-corrected chi connectivity index (χ2v) is 9.54. The third-order valence-corrected chi connectivity index (χ3v) is 5.40. The fraction of sp³-hybridized carbons (Fsp3) is 0.357. The highest BCUT2D eigenvalue weighted by atomic mass is 16.6. The predicted molar refractivity (Wildman–Crippen MR) is 143 cm³/mol. The molecule has 10 heteroatoms. The summed E-state index contributed by atoms with van der Waals surface area (Å²) in [5, 5.41) is 5.31. The number of methoxy groups -OCH3 is 1. The first-order valence-corrected chi connectivity index (χ1v) is 11.9. The van der Waals surface area contributed by atoms with Crippen LogP contribution in [-0.4, -0.2) is 54.5 Å². The quantitative estimate of drug-likeness (QED) is 0.410. The molecule has 0 aliphatic heterocycles. The van der Waals surface area contributed by atoms with Crippen molar-refractivity contribution in [1.29, 1.82) is 0 Å². The Morgan fingerprint density at radius 3 is 2.16 bits per heavy atom. The summed E-state index contributed by atoms with van der Waals surface area (Å²) in [6.07, 6.45) is 4.37. The maximum Gasteiger partial charge on any atom is 0.408 e. The van der Waals surface area contributed by atoms with Gasteiger partial charge in [0.1, 0.15) is 23.4 Å². The molecule has 4 N–H and O–H groups in total. The molecule has 2 aromatic rings. The largest absolute Gasteiger partial charge is 0.497 e. The van der Waals surface area contributed by atoms with Crippen LogP contribution in [0.4, 0.5) is 10.5 Å². The molecule has 4 amide bonds. The number of nitrogens with two attached hydrogens (primary N) is 1. The van der Waals surface area contributed by atoms with E-state index in [0.717, 1.165) is 0 Å². The molecule has 0 aliphatic carbocycles. The third-order valence-electron chi connectivity index (χ3n) is 5.40. The van der Waals surface area contributed by atoms with E-state index in [9.17, 15) is 19.2 Å². The molecule has 0 saturated heterocycles. The summed E-state index contributed by atoms with van der Waals surface area (Å²) in [5.74, 6) is 1.36. The number of benzene rings is 2. The summed E-state index contributed by atoms with van der Waals surface area (Å²) in [7, 11) is 2.97. The number of nitrogens with zero attached hydrogens (tertiary/aromatic N) is 1. The van der Waals surface area contributed by atoms with E-state index < -0.39 is 41.5 Å². The zero-order valence-corrected chi connectivity index (χ0v) is 22.2. The van der Waals surface area contributed by atoms with Gasteiger partial charge in [0.15, 0.2) is 0 Å². The van der Waals surface area contributed by atoms with Gasteiger partial charge in [-0.2, -0.15) is 0 Å². The van der Waals surface area contributed by atoms with E-state index in [-0.39, 0.29) is 12.8 Å². The average Bonchev–Trinajstić information content (AvgIpc) is 2.85. The molecule has 10 nitrogen and oxygen atoms in total. The van der Waals surface area contributed by atoms with Crippen LogP contribution >= 0.6 is 0 Å². The van der Waals surface area contributed by atoms with Gasteiger partial charge in [0, 0.05) is 24.7 Å². The van der Waals surface area contributed by atoms with Crippen LogP contribution in [0.5, 0.6) is 5.75 Å². The molecule has 2 rings (SSSR count). The zero-order chi connectivity index (χ0) is 28.5. The van der Waals surface area contributed by atoms with Gasteiger partial charge in [-0.05, 0) is 69.2 Å². The zero-order valence-electron chi connectivity index (χ0n) is 22.2. The van der Waals surface area contributed by atoms with Crippen LogP contribution in [0.1, 0.15) is 50.8 Å². The lowest BCUT2D eigenvalue weighted by atomic mass is 10.0. The lowest BCUT2D eigenvalue weighted by molar-refractivity contribution is -0.139. The molecule has 0 radical (unpaired) electrons. The van der Waals surface area contributed by atoms with Gasteiger partial charge in [0.25, 0.3) is 5.91 Å². The van der Waals surface area contributed by atoms with Crippen LogP contribution in [-0.2, 0) is 19.1 Å². The molecule has 38 heavy (non-hydrogen) atoms. The molecule has 0 saturated carbocycles. The van der Waals surface area contributed by atoms with E-state index in [2.05, 4.69) is 16.6 Å². The lowest BCUT2D eigenvalue weighted by Gasteiger charge is -2.31. The molecule has 0 spiro atoms. The van der Waals surface area contributed by atoms with E-state index in [1.807, 2.05) is 0 Å². The second kappa shape index (κ2) is 13.1. The van der Waals surface area contributed by atoms with Gasteiger partial charge >= 0.3 is 6.09 Å². The number of nitrogens with one attached hydrogen (secondary N) is 2. The Hall–Kier alpha value is -4.52. The van der Waals surface area contributed by atoms with E-state index in [0.29, 0.717) is 22.6 Å². The number of primary amides is 1. The van der Waals surface area contributed by atoms with E-state index >= 15 is 0 Å². The molecule has 0 heterocycles. The van der Waals surface area contributed by atoms with Gasteiger partial charge < -0.3 is 30.7 Å². The van der Waals surface area contributed by atoms with Crippen molar-refractivity contribution in [3.63, 3.8) is 0 Å². The summed E-state index contributed by atoms with van der Waals surface area (Å²) in [4.78, 5) is 52.2. The number of amides is 4. The molecule has 2 aromatic carbocycles. The highest BCUT2D eigenvalue weighted by Gasteiger charge is 2.34. The number of hydrogen-bond acceptors (Lipinski definition) is 6. The molecule has 0 fully saturated rings. The predicted octanol–water partition coefficient (Wildman–Crippen LogP) is 2.97. The van der Waals surface area contributed by atoms with Crippen molar-refractivity contribution in [2.24, 2.45) is 5.73 Å². The summed E-state index contributed by atoms with van der Waals surface area (Å²) in [5.41, 5.74) is 6.04. The maximum absolute atomic E-state index is 13.6. The number of carbonyl (C=O) groups is 4. The number of anilines is 1. The minimum Gasteiger partial charge on any atom is -0.497 e. The molecule has 2 atom stereocenters. The highest BCUT2D eigenvalue weighted by Crippen LogP contribution is 2.25. The van der Waals surface area contributed by atoms with Crippen LogP contribution < -0.4 is 21.1 Å². The van der Waals surface area contributed by atoms with Crippen molar-refractivity contribution >= 4 is 29.5 Å². The maximum atomic E-state index is 13.6. The Labute approximate surface area is 222 Å². The highest BCUT2D eigenvalue weighted by molar-refractivity contribution is 5.99. The average molecular weight is 523 g/mol. The standard InChI is InChI=1S/C28H34N4O6/c1-7-18-8-10-19(11-9-18)24(25(34)30-20-12-14-21(37-6)15-13-20)32(5)26(35)22(16-17-23(29)33)31-27(36)38-28(2,3)4/h1,8-15,22,24H,16-17H2,2-6H3,(H2,29,33)(H,30,34)(H,31,36). The number of hydrogen-bond donors (Lipinski definition) is 3. The molecule has 0 bridgehead atoms. The monoisotopic (exact) mass is 522 g/mol. The number of likely N-dealkylation sites (N-methyl/N-ethyl adjacent to an activating group) is 1. The molecular weight excluding hydrogens is 488 g/mol. The van der Waals surface area contributed by atoms with Crippen molar-refractivity contribution in [1.82, 2.24) is 10.2 Å². The Balaban J connectivity index is 2.39. The Kier molecular flexibility index (Phi) is 10.3. The van der Waals surface area contributed by atoms with Gasteiger partial charge in [-0.3, -0.25) is 14.4 Å². The summed E-state index contributed by atoms with van der Waals surface area (Å²) < 4.78 is 10.4. The van der Waals surface area contributed by atoms with Gasteiger partial charge in [0.05, 0.1) is 7.11 Å². The molecule has 0 aliphatic rings. The topological polar surface area (TPSA) is 140 Å². The third kappa shape index (κ3) is 8.85. The summed E-state index contributed by atoms with van der Waals surface area (Å²) in [6.45, 7) is 5.04. The molecule has 0 aromatic heterocycles. The van der Waals surface area contributed by atoms with Gasteiger partial charge in [-0.25, -0.2) is 4.79 Å².